The summed E-state index contributed by atoms with van der Waals surface area (Å²) in [4.78, 5) is 23.3. The number of carbonyl (C=O) groups excluding carboxylic acids is 2. The Balaban J connectivity index is 1.28. The fraction of sp³-hybridized carbons (Fsp3) is 0.400. The second-order valence-electron chi connectivity index (χ2n) is 7.42. The molecule has 0 bridgehead atoms. The van der Waals surface area contributed by atoms with Crippen LogP contribution in [0.25, 0.3) is 0 Å². The second-order valence-corrected chi connectivity index (χ2v) is 9.49. The zero-order chi connectivity index (χ0) is 20.9. The highest BCUT2D eigenvalue weighted by Gasteiger charge is 2.29. The maximum atomic E-state index is 12.2. The minimum atomic E-state index is -0.137. The number of hydrogen-bond acceptors (Lipinski definition) is 8. The molecule has 1 fully saturated rings. The molecule has 156 valence electrons. The molecule has 10 heteroatoms. The van der Waals surface area contributed by atoms with Gasteiger partial charge in [-0.05, 0) is 30.7 Å². The van der Waals surface area contributed by atoms with Crippen molar-refractivity contribution in [3.63, 3.8) is 0 Å². The number of nitrogens with zero attached hydrogens (tertiary/aromatic N) is 4. The molecule has 0 radical (unpaired) electrons. The number of aromatic nitrogens is 4. The van der Waals surface area contributed by atoms with Crippen LogP contribution in [0, 0.1) is 5.92 Å². The minimum absolute atomic E-state index is 0.0838. The van der Waals surface area contributed by atoms with E-state index in [-0.39, 0.29) is 11.8 Å². The molecule has 2 atom stereocenters. The van der Waals surface area contributed by atoms with Crippen LogP contribution in [0.15, 0.2) is 30.3 Å². The molecule has 2 amide bonds. The Bertz CT molecular complexity index is 1020. The van der Waals surface area contributed by atoms with Crippen molar-refractivity contribution in [2.24, 2.45) is 5.92 Å². The molecule has 1 aromatic carbocycles. The lowest BCUT2D eigenvalue weighted by Gasteiger charge is -2.06. The summed E-state index contributed by atoms with van der Waals surface area (Å²) in [5.74, 6) is 0.643. The Morgan fingerprint density at radius 3 is 2.57 bits per heavy atom. The van der Waals surface area contributed by atoms with Gasteiger partial charge >= 0.3 is 0 Å². The summed E-state index contributed by atoms with van der Waals surface area (Å²) in [6.45, 7) is 1.46. The summed E-state index contributed by atoms with van der Waals surface area (Å²) < 4.78 is 0. The molecule has 2 heterocycles. The Labute approximate surface area is 182 Å². The van der Waals surface area contributed by atoms with Gasteiger partial charge < -0.3 is 10.6 Å². The average Bonchev–Trinajstić information content (AvgIpc) is 3.44. The third-order valence-electron chi connectivity index (χ3n) is 5.00. The van der Waals surface area contributed by atoms with Gasteiger partial charge in [0.05, 0.1) is 6.42 Å². The molecule has 8 nitrogen and oxygen atoms in total. The van der Waals surface area contributed by atoms with E-state index >= 15 is 0 Å². The normalized spacial score (nSPS) is 18.3. The third-order valence-corrected chi connectivity index (χ3v) is 6.86. The van der Waals surface area contributed by atoms with Gasteiger partial charge in [-0.3, -0.25) is 9.59 Å². The van der Waals surface area contributed by atoms with Crippen LogP contribution in [0.4, 0.5) is 10.3 Å². The van der Waals surface area contributed by atoms with Crippen molar-refractivity contribution in [1.82, 2.24) is 20.4 Å². The van der Waals surface area contributed by atoms with E-state index in [1.807, 2.05) is 30.3 Å². The molecule has 3 aromatic rings. The number of nitrogens with one attached hydrogen (secondary N) is 2. The van der Waals surface area contributed by atoms with Gasteiger partial charge in [0, 0.05) is 19.3 Å². The molecule has 4 rings (SSSR count). The quantitative estimate of drug-likeness (QED) is 0.578. The van der Waals surface area contributed by atoms with Crippen LogP contribution in [-0.2, 0) is 22.4 Å². The number of hydrogen-bond donors (Lipinski definition) is 2. The van der Waals surface area contributed by atoms with Crippen molar-refractivity contribution in [3.05, 3.63) is 45.9 Å². The Morgan fingerprint density at radius 2 is 1.77 bits per heavy atom. The van der Waals surface area contributed by atoms with Crippen LogP contribution < -0.4 is 10.6 Å². The molecular weight excluding hydrogens is 420 g/mol. The van der Waals surface area contributed by atoms with E-state index in [0.717, 1.165) is 41.3 Å². The lowest BCUT2D eigenvalue weighted by Crippen LogP contribution is -2.14. The van der Waals surface area contributed by atoms with Gasteiger partial charge in [0.1, 0.15) is 10.0 Å². The predicted octanol–water partition coefficient (Wildman–Crippen LogP) is 3.66. The van der Waals surface area contributed by atoms with Crippen LogP contribution in [0.1, 0.15) is 47.7 Å². The topological polar surface area (TPSA) is 110 Å². The summed E-state index contributed by atoms with van der Waals surface area (Å²) in [6, 6.07) is 9.64. The van der Waals surface area contributed by atoms with Crippen LogP contribution in [0.5, 0.6) is 0 Å². The SMILES string of the molecule is CC(=O)Nc1nnc(C[C@@H]2CCC(c3nnc(NC(=O)Cc4ccccc4)s3)C2)s1. The lowest BCUT2D eigenvalue weighted by molar-refractivity contribution is -0.116. The number of rotatable bonds is 7. The molecule has 1 aliphatic rings. The molecule has 2 N–H and O–H groups in total. The highest BCUT2D eigenvalue weighted by atomic mass is 32.1. The second kappa shape index (κ2) is 9.40. The number of amides is 2. The summed E-state index contributed by atoms with van der Waals surface area (Å²) in [7, 11) is 0. The summed E-state index contributed by atoms with van der Waals surface area (Å²) >= 11 is 2.89. The highest BCUT2D eigenvalue weighted by Crippen LogP contribution is 2.41. The van der Waals surface area contributed by atoms with E-state index in [2.05, 4.69) is 31.0 Å². The molecule has 0 saturated heterocycles. The van der Waals surface area contributed by atoms with Gasteiger partial charge in [-0.25, -0.2) is 0 Å². The first-order valence-electron chi connectivity index (χ1n) is 9.82. The van der Waals surface area contributed by atoms with Gasteiger partial charge in [0.15, 0.2) is 0 Å². The van der Waals surface area contributed by atoms with E-state index < -0.39 is 0 Å². The monoisotopic (exact) mass is 442 g/mol. The molecule has 2 aromatic heterocycles. The van der Waals surface area contributed by atoms with Crippen molar-refractivity contribution in [3.8, 4) is 0 Å². The van der Waals surface area contributed by atoms with E-state index in [1.165, 1.54) is 29.6 Å². The number of carbonyl (C=O) groups is 2. The molecule has 0 spiro atoms. The van der Waals surface area contributed by atoms with Gasteiger partial charge in [-0.15, -0.1) is 20.4 Å². The Hall–Kier alpha value is -2.72. The summed E-state index contributed by atoms with van der Waals surface area (Å²) in [6.07, 6.45) is 4.34. The van der Waals surface area contributed by atoms with Crippen molar-refractivity contribution in [1.29, 1.82) is 0 Å². The van der Waals surface area contributed by atoms with Crippen molar-refractivity contribution < 1.29 is 9.59 Å². The first-order valence-corrected chi connectivity index (χ1v) is 11.5. The fourth-order valence-electron chi connectivity index (χ4n) is 3.66. The highest BCUT2D eigenvalue weighted by molar-refractivity contribution is 7.15. The third kappa shape index (κ3) is 5.45. The van der Waals surface area contributed by atoms with E-state index in [9.17, 15) is 9.59 Å². The Kier molecular flexibility index (Phi) is 6.44. The van der Waals surface area contributed by atoms with Gasteiger partial charge in [0.2, 0.25) is 22.1 Å². The molecule has 0 aliphatic heterocycles. The molecular formula is C20H22N6O2S2. The average molecular weight is 443 g/mol. The first-order chi connectivity index (χ1) is 14.5. The smallest absolute Gasteiger partial charge is 0.230 e. The predicted molar refractivity (Wildman–Crippen MR) is 117 cm³/mol. The molecule has 1 unspecified atom stereocenters. The fourth-order valence-corrected chi connectivity index (χ4v) is 5.47. The van der Waals surface area contributed by atoms with Crippen molar-refractivity contribution >= 4 is 44.8 Å². The van der Waals surface area contributed by atoms with Gasteiger partial charge in [-0.2, -0.15) is 0 Å². The maximum absolute atomic E-state index is 12.2. The molecule has 1 saturated carbocycles. The van der Waals surface area contributed by atoms with Gasteiger partial charge in [-0.1, -0.05) is 53.0 Å². The van der Waals surface area contributed by atoms with Crippen molar-refractivity contribution in [2.75, 3.05) is 10.6 Å². The lowest BCUT2D eigenvalue weighted by atomic mass is 10.0. The van der Waals surface area contributed by atoms with Crippen LogP contribution in [0.2, 0.25) is 0 Å². The van der Waals surface area contributed by atoms with Crippen LogP contribution in [-0.4, -0.2) is 32.2 Å². The van der Waals surface area contributed by atoms with E-state index in [0.29, 0.717) is 28.5 Å². The zero-order valence-electron chi connectivity index (χ0n) is 16.5. The van der Waals surface area contributed by atoms with E-state index in [4.69, 9.17) is 0 Å². The van der Waals surface area contributed by atoms with Crippen molar-refractivity contribution in [2.45, 2.75) is 44.9 Å². The molecule has 30 heavy (non-hydrogen) atoms. The van der Waals surface area contributed by atoms with E-state index in [1.54, 1.807) is 0 Å². The van der Waals surface area contributed by atoms with Gasteiger partial charge in [0.25, 0.3) is 0 Å². The van der Waals surface area contributed by atoms with Crippen LogP contribution >= 0.6 is 22.7 Å². The Morgan fingerprint density at radius 1 is 1.00 bits per heavy atom. The minimum Gasteiger partial charge on any atom is -0.301 e. The largest absolute Gasteiger partial charge is 0.301 e. The summed E-state index contributed by atoms with van der Waals surface area (Å²) in [5, 5.41) is 25.2. The standard InChI is InChI=1S/C20H22N6O2S2/c1-12(27)21-19-25-23-17(29-19)11-14-7-8-15(9-14)18-24-26-20(30-18)22-16(28)10-13-5-3-2-4-6-13/h2-6,14-15H,7-11H2,1H3,(H,21,25,27)(H,22,26,28)/t14-,15?/m1/s1. The zero-order valence-corrected chi connectivity index (χ0v) is 18.1. The molecule has 1 aliphatic carbocycles. The van der Waals surface area contributed by atoms with Crippen LogP contribution in [0.3, 0.4) is 0 Å². The first kappa shape index (κ1) is 20.5. The number of anilines is 2. The number of benzene rings is 1. The summed E-state index contributed by atoms with van der Waals surface area (Å²) in [5.41, 5.74) is 0.969. The maximum Gasteiger partial charge on any atom is 0.230 e.